The lowest BCUT2D eigenvalue weighted by molar-refractivity contribution is -0.118. The third-order valence-electron chi connectivity index (χ3n) is 4.04. The number of thiazole rings is 1. The van der Waals surface area contributed by atoms with E-state index in [1.54, 1.807) is 6.20 Å². The minimum Gasteiger partial charge on any atom is -0.312 e. The third kappa shape index (κ3) is 3.94. The van der Waals surface area contributed by atoms with Gasteiger partial charge in [-0.05, 0) is 50.1 Å². The number of carbonyl (C=O) groups is 1. The minimum absolute atomic E-state index is 0.0640. The van der Waals surface area contributed by atoms with Crippen molar-refractivity contribution in [2.45, 2.75) is 27.2 Å². The van der Waals surface area contributed by atoms with Crippen molar-refractivity contribution >= 4 is 22.9 Å². The minimum atomic E-state index is 0.0640. The van der Waals surface area contributed by atoms with Gasteiger partial charge >= 0.3 is 0 Å². The van der Waals surface area contributed by atoms with Crippen LogP contribution in [0.5, 0.6) is 0 Å². The Bertz CT molecular complexity index is 874. The molecule has 0 N–H and O–H groups in total. The van der Waals surface area contributed by atoms with E-state index in [2.05, 4.69) is 28.2 Å². The first-order chi connectivity index (χ1) is 12.1. The van der Waals surface area contributed by atoms with E-state index >= 15 is 0 Å². The Morgan fingerprint density at radius 1 is 1.20 bits per heavy atom. The number of likely N-dealkylation sites (N-methyl/N-ethyl adjacent to an activating group) is 1. The topological polar surface area (TPSA) is 46.1 Å². The Hall–Kier alpha value is -2.53. The van der Waals surface area contributed by atoms with Crippen molar-refractivity contribution in [3.8, 4) is 10.7 Å². The summed E-state index contributed by atoms with van der Waals surface area (Å²) in [4.78, 5) is 23.6. The number of benzene rings is 1. The van der Waals surface area contributed by atoms with Gasteiger partial charge in [0.1, 0.15) is 5.01 Å². The van der Waals surface area contributed by atoms with Crippen LogP contribution in [0, 0.1) is 13.8 Å². The Kier molecular flexibility index (Phi) is 5.24. The maximum atomic E-state index is 12.8. The number of aromatic nitrogens is 2. The largest absolute Gasteiger partial charge is 0.312 e. The van der Waals surface area contributed by atoms with Crippen molar-refractivity contribution in [3.05, 3.63) is 64.8 Å². The van der Waals surface area contributed by atoms with Crippen LogP contribution in [0.15, 0.2) is 48.0 Å². The number of anilines is 1. The predicted octanol–water partition coefficient (Wildman–Crippen LogP) is 4.42. The molecule has 0 spiro atoms. The number of pyridine rings is 1. The van der Waals surface area contributed by atoms with E-state index in [1.807, 2.05) is 49.3 Å². The molecule has 25 heavy (non-hydrogen) atoms. The average molecular weight is 351 g/mol. The molecule has 2 aromatic heterocycles. The fourth-order valence-electron chi connectivity index (χ4n) is 2.74. The summed E-state index contributed by atoms with van der Waals surface area (Å²) in [5.41, 5.74) is 4.87. The van der Waals surface area contributed by atoms with E-state index in [0.717, 1.165) is 33.2 Å². The van der Waals surface area contributed by atoms with Gasteiger partial charge in [-0.2, -0.15) is 0 Å². The van der Waals surface area contributed by atoms with Crippen molar-refractivity contribution in [1.82, 2.24) is 9.97 Å². The van der Waals surface area contributed by atoms with Crippen molar-refractivity contribution in [2.24, 2.45) is 0 Å². The summed E-state index contributed by atoms with van der Waals surface area (Å²) in [5.74, 6) is 0.0640. The second-order valence-electron chi connectivity index (χ2n) is 5.96. The van der Waals surface area contributed by atoms with Gasteiger partial charge in [0.25, 0.3) is 0 Å². The van der Waals surface area contributed by atoms with Crippen LogP contribution in [-0.2, 0) is 11.2 Å². The maximum Gasteiger partial charge on any atom is 0.233 e. The van der Waals surface area contributed by atoms with E-state index in [9.17, 15) is 4.79 Å². The monoisotopic (exact) mass is 351 g/mol. The van der Waals surface area contributed by atoms with Crippen LogP contribution in [0.1, 0.15) is 23.7 Å². The summed E-state index contributed by atoms with van der Waals surface area (Å²) in [6.45, 7) is 6.72. The number of carbonyl (C=O) groups excluding carboxylic acids is 1. The van der Waals surface area contributed by atoms with Gasteiger partial charge in [-0.25, -0.2) is 4.98 Å². The first-order valence-corrected chi connectivity index (χ1v) is 9.20. The summed E-state index contributed by atoms with van der Waals surface area (Å²) < 4.78 is 0. The Morgan fingerprint density at radius 2 is 2.04 bits per heavy atom. The van der Waals surface area contributed by atoms with Crippen molar-refractivity contribution in [2.75, 3.05) is 11.4 Å². The number of aryl methyl sites for hydroxylation is 2. The number of nitrogens with zero attached hydrogens (tertiary/aromatic N) is 3. The molecule has 0 fully saturated rings. The van der Waals surface area contributed by atoms with Crippen molar-refractivity contribution in [1.29, 1.82) is 0 Å². The second-order valence-corrected chi connectivity index (χ2v) is 6.82. The van der Waals surface area contributed by atoms with Crippen LogP contribution in [0.4, 0.5) is 5.69 Å². The van der Waals surface area contributed by atoms with Gasteiger partial charge in [-0.15, -0.1) is 11.3 Å². The molecule has 2 heterocycles. The highest BCUT2D eigenvalue weighted by Crippen LogP contribution is 2.24. The van der Waals surface area contributed by atoms with Crippen molar-refractivity contribution < 1.29 is 4.79 Å². The quantitative estimate of drug-likeness (QED) is 0.684. The summed E-state index contributed by atoms with van der Waals surface area (Å²) in [5, 5.41) is 2.79. The van der Waals surface area contributed by atoms with Gasteiger partial charge in [0.15, 0.2) is 0 Å². The summed E-state index contributed by atoms with van der Waals surface area (Å²) in [7, 11) is 0. The van der Waals surface area contributed by atoms with Gasteiger partial charge in [-0.1, -0.05) is 18.2 Å². The van der Waals surface area contributed by atoms with Crippen LogP contribution >= 0.6 is 11.3 Å². The lowest BCUT2D eigenvalue weighted by Gasteiger charge is -2.23. The molecule has 128 valence electrons. The van der Waals surface area contributed by atoms with Crippen LogP contribution < -0.4 is 4.90 Å². The molecule has 3 rings (SSSR count). The maximum absolute atomic E-state index is 12.8. The average Bonchev–Trinajstić information content (AvgIpc) is 3.08. The second kappa shape index (κ2) is 7.57. The van der Waals surface area contributed by atoms with E-state index in [4.69, 9.17) is 0 Å². The molecule has 1 amide bonds. The molecule has 0 aliphatic rings. The van der Waals surface area contributed by atoms with E-state index in [-0.39, 0.29) is 5.91 Å². The molecule has 0 atom stereocenters. The Labute approximate surface area is 152 Å². The molecule has 1 aromatic carbocycles. The number of amides is 1. The molecule has 4 nitrogen and oxygen atoms in total. The summed E-state index contributed by atoms with van der Waals surface area (Å²) in [6, 6.07) is 11.9. The van der Waals surface area contributed by atoms with E-state index in [0.29, 0.717) is 13.0 Å². The zero-order valence-corrected chi connectivity index (χ0v) is 15.5. The fraction of sp³-hybridized carbons (Fsp3) is 0.250. The van der Waals surface area contributed by atoms with Gasteiger partial charge in [-0.3, -0.25) is 9.78 Å². The van der Waals surface area contributed by atoms with Gasteiger partial charge in [0, 0.05) is 23.8 Å². The molecular weight excluding hydrogens is 330 g/mol. The third-order valence-corrected chi connectivity index (χ3v) is 4.95. The molecule has 0 saturated carbocycles. The van der Waals surface area contributed by atoms with Crippen molar-refractivity contribution in [3.63, 3.8) is 0 Å². The summed E-state index contributed by atoms with van der Waals surface area (Å²) >= 11 is 1.52. The highest BCUT2D eigenvalue weighted by Gasteiger charge is 2.18. The molecule has 0 radical (unpaired) electrons. The number of hydrogen-bond donors (Lipinski definition) is 0. The van der Waals surface area contributed by atoms with E-state index in [1.165, 1.54) is 11.3 Å². The molecular formula is C20H21N3OS. The van der Waals surface area contributed by atoms with E-state index < -0.39 is 0 Å². The zero-order chi connectivity index (χ0) is 17.8. The highest BCUT2D eigenvalue weighted by atomic mass is 32.1. The molecule has 3 aromatic rings. The zero-order valence-electron chi connectivity index (χ0n) is 14.7. The molecule has 0 aliphatic heterocycles. The van der Waals surface area contributed by atoms with Gasteiger partial charge < -0.3 is 4.90 Å². The molecule has 0 bridgehead atoms. The SMILES string of the molecule is CCN(C(=O)Cc1csc(-c2ccccn2)n1)c1cc(C)ccc1C. The normalized spacial score (nSPS) is 10.7. The van der Waals surface area contributed by atoms with Gasteiger partial charge in [0.05, 0.1) is 17.8 Å². The van der Waals surface area contributed by atoms with Crippen LogP contribution in [0.3, 0.4) is 0 Å². The predicted molar refractivity (Wildman–Crippen MR) is 103 cm³/mol. The molecule has 0 unspecified atom stereocenters. The smallest absolute Gasteiger partial charge is 0.233 e. The number of rotatable bonds is 5. The van der Waals surface area contributed by atoms with Crippen LogP contribution in [-0.4, -0.2) is 22.4 Å². The molecule has 0 aliphatic carbocycles. The lowest BCUT2D eigenvalue weighted by atomic mass is 10.1. The Balaban J connectivity index is 1.79. The van der Waals surface area contributed by atoms with Crippen LogP contribution in [0.2, 0.25) is 0 Å². The Morgan fingerprint density at radius 3 is 2.76 bits per heavy atom. The first-order valence-electron chi connectivity index (χ1n) is 8.32. The molecule has 0 saturated heterocycles. The standard InChI is InChI=1S/C20H21N3OS/c1-4-23(18-11-14(2)8-9-15(18)3)19(24)12-16-13-25-20(22-16)17-7-5-6-10-21-17/h5-11,13H,4,12H2,1-3H3. The summed E-state index contributed by atoms with van der Waals surface area (Å²) in [6.07, 6.45) is 2.05. The fourth-order valence-corrected chi connectivity index (χ4v) is 3.53. The number of hydrogen-bond acceptors (Lipinski definition) is 4. The molecule has 5 heteroatoms. The first kappa shape index (κ1) is 17.3. The van der Waals surface area contributed by atoms with Crippen LogP contribution in [0.25, 0.3) is 10.7 Å². The highest BCUT2D eigenvalue weighted by molar-refractivity contribution is 7.13. The van der Waals surface area contributed by atoms with Gasteiger partial charge in [0.2, 0.25) is 5.91 Å². The lowest BCUT2D eigenvalue weighted by Crippen LogP contribution is -2.32.